The van der Waals surface area contributed by atoms with Crippen LogP contribution < -0.4 is 15.4 Å². The molecule has 3 aliphatic rings. The number of rotatable bonds is 8. The normalized spacial score (nSPS) is 27.7. The highest BCUT2D eigenvalue weighted by atomic mass is 32.2. The summed E-state index contributed by atoms with van der Waals surface area (Å²) in [6.45, 7) is 19.9. The van der Waals surface area contributed by atoms with E-state index in [4.69, 9.17) is 4.74 Å². The lowest BCUT2D eigenvalue weighted by molar-refractivity contribution is -0.145. The lowest BCUT2D eigenvalue weighted by Gasteiger charge is -2.38. The minimum atomic E-state index is -3.92. The van der Waals surface area contributed by atoms with Gasteiger partial charge in [0.1, 0.15) is 23.2 Å². The Morgan fingerprint density at radius 3 is 2.05 bits per heavy atom. The SMILES string of the molecule is C=CC1CC1(NC(=O)C1N(C(=O)C(NC(=O)OC(C)(C)C)C(C)(C)C)CCC1(C)C)C(=O)NS(=O)(=O)C1(C)CC1. The molecule has 0 aromatic carbocycles. The lowest BCUT2D eigenvalue weighted by atomic mass is 9.82. The molecule has 3 rings (SSSR count). The molecule has 4 unspecified atom stereocenters. The van der Waals surface area contributed by atoms with Crippen molar-refractivity contribution in [3.63, 3.8) is 0 Å². The predicted molar refractivity (Wildman–Crippen MR) is 150 cm³/mol. The molecule has 1 saturated heterocycles. The minimum Gasteiger partial charge on any atom is -0.444 e. The summed E-state index contributed by atoms with van der Waals surface area (Å²) in [6, 6.07) is -1.95. The van der Waals surface area contributed by atoms with E-state index < -0.39 is 78.6 Å². The van der Waals surface area contributed by atoms with Gasteiger partial charge in [0.2, 0.25) is 21.8 Å². The van der Waals surface area contributed by atoms with Crippen LogP contribution in [0.5, 0.6) is 0 Å². The van der Waals surface area contributed by atoms with E-state index in [-0.39, 0.29) is 13.0 Å². The van der Waals surface area contributed by atoms with Crippen LogP contribution >= 0.6 is 0 Å². The van der Waals surface area contributed by atoms with Crippen molar-refractivity contribution in [1.29, 1.82) is 0 Å². The second kappa shape index (κ2) is 10.0. The molecular formula is C28H46N4O7S. The molecule has 4 atom stereocenters. The van der Waals surface area contributed by atoms with Crippen molar-refractivity contribution in [2.75, 3.05) is 6.54 Å². The van der Waals surface area contributed by atoms with Gasteiger partial charge in [-0.05, 0) is 64.2 Å². The summed E-state index contributed by atoms with van der Waals surface area (Å²) in [4.78, 5) is 55.2. The summed E-state index contributed by atoms with van der Waals surface area (Å²) in [5.74, 6) is -2.26. The first-order valence-corrected chi connectivity index (χ1v) is 15.3. The molecule has 40 heavy (non-hydrogen) atoms. The van der Waals surface area contributed by atoms with Crippen LogP contribution in [0.3, 0.4) is 0 Å². The van der Waals surface area contributed by atoms with E-state index in [1.807, 2.05) is 34.6 Å². The first kappa shape index (κ1) is 31.9. The Morgan fingerprint density at radius 1 is 1.02 bits per heavy atom. The second-order valence-corrected chi connectivity index (χ2v) is 16.7. The van der Waals surface area contributed by atoms with Crippen molar-refractivity contribution in [2.24, 2.45) is 16.7 Å². The minimum absolute atomic E-state index is 0.201. The molecule has 0 bridgehead atoms. The highest BCUT2D eigenvalue weighted by Gasteiger charge is 2.63. The van der Waals surface area contributed by atoms with Gasteiger partial charge in [-0.25, -0.2) is 13.2 Å². The van der Waals surface area contributed by atoms with E-state index in [0.717, 1.165) is 0 Å². The van der Waals surface area contributed by atoms with Crippen LogP contribution in [0.25, 0.3) is 0 Å². The third kappa shape index (κ3) is 6.31. The molecule has 3 N–H and O–H groups in total. The van der Waals surface area contributed by atoms with Gasteiger partial charge in [0.15, 0.2) is 0 Å². The molecule has 0 aromatic rings. The average molecular weight is 583 g/mol. The van der Waals surface area contributed by atoms with Gasteiger partial charge in [-0.2, -0.15) is 0 Å². The van der Waals surface area contributed by atoms with Crippen molar-refractivity contribution in [2.45, 2.75) is 116 Å². The third-order valence-corrected chi connectivity index (χ3v) is 10.4. The molecule has 1 aliphatic heterocycles. The predicted octanol–water partition coefficient (Wildman–Crippen LogP) is 2.61. The number of ether oxygens (including phenoxy) is 1. The fourth-order valence-electron chi connectivity index (χ4n) is 5.17. The highest BCUT2D eigenvalue weighted by molar-refractivity contribution is 7.91. The molecular weight excluding hydrogens is 536 g/mol. The monoisotopic (exact) mass is 582 g/mol. The first-order valence-electron chi connectivity index (χ1n) is 13.8. The van der Waals surface area contributed by atoms with Crippen molar-refractivity contribution in [3.8, 4) is 0 Å². The highest BCUT2D eigenvalue weighted by Crippen LogP contribution is 2.48. The number of hydrogen-bond donors (Lipinski definition) is 3. The van der Waals surface area contributed by atoms with Crippen molar-refractivity contribution in [1.82, 2.24) is 20.3 Å². The third-order valence-electron chi connectivity index (χ3n) is 8.24. The maximum atomic E-state index is 13.9. The van der Waals surface area contributed by atoms with Crippen LogP contribution in [0.2, 0.25) is 0 Å². The summed E-state index contributed by atoms with van der Waals surface area (Å²) >= 11 is 0. The topological polar surface area (TPSA) is 151 Å². The Bertz CT molecular complexity index is 1190. The number of likely N-dealkylation sites (tertiary alicyclic amines) is 1. The maximum absolute atomic E-state index is 13.9. The Balaban J connectivity index is 1.85. The molecule has 2 aliphatic carbocycles. The zero-order chi connectivity index (χ0) is 30.7. The van der Waals surface area contributed by atoms with Crippen LogP contribution in [0.1, 0.15) is 88.0 Å². The molecule has 0 aromatic heterocycles. The molecule has 2 saturated carbocycles. The fourth-order valence-corrected chi connectivity index (χ4v) is 6.49. The Morgan fingerprint density at radius 2 is 1.60 bits per heavy atom. The van der Waals surface area contributed by atoms with Crippen molar-refractivity contribution >= 4 is 33.8 Å². The number of alkyl carbamates (subject to hydrolysis) is 1. The molecule has 0 spiro atoms. The number of nitrogens with zero attached hydrogens (tertiary/aromatic N) is 1. The summed E-state index contributed by atoms with van der Waals surface area (Å²) in [5.41, 5.74) is -3.60. The van der Waals surface area contributed by atoms with Gasteiger partial charge >= 0.3 is 6.09 Å². The van der Waals surface area contributed by atoms with E-state index in [9.17, 15) is 27.6 Å². The van der Waals surface area contributed by atoms with Crippen molar-refractivity contribution < 1.29 is 32.3 Å². The Kier molecular flexibility index (Phi) is 7.99. The van der Waals surface area contributed by atoms with Gasteiger partial charge < -0.3 is 20.3 Å². The smallest absolute Gasteiger partial charge is 0.408 e. The summed E-state index contributed by atoms with van der Waals surface area (Å²) in [6.07, 6.45) is 2.41. The van der Waals surface area contributed by atoms with Crippen LogP contribution in [-0.2, 0) is 29.1 Å². The standard InChI is InChI=1S/C28H46N4O7S/c1-11-17-16-28(17,22(35)31-40(37,38)27(10)12-13-27)30-20(33)19-26(8,9)14-15-32(19)21(34)18(24(2,3)4)29-23(36)39-25(5,6)7/h11,17-19H,1,12-16H2,2-10H3,(H,29,36)(H,30,33)(H,31,35). The second-order valence-electron chi connectivity index (χ2n) is 14.5. The Labute approximate surface area is 238 Å². The van der Waals surface area contributed by atoms with Crippen LogP contribution in [-0.4, -0.2) is 71.6 Å². The van der Waals surface area contributed by atoms with Gasteiger partial charge in [-0.1, -0.05) is 40.7 Å². The lowest BCUT2D eigenvalue weighted by Crippen LogP contribution is -2.62. The molecule has 1 heterocycles. The summed E-state index contributed by atoms with van der Waals surface area (Å²) in [5, 5.41) is 5.49. The van der Waals surface area contributed by atoms with Gasteiger partial charge in [-0.3, -0.25) is 19.1 Å². The van der Waals surface area contributed by atoms with Crippen molar-refractivity contribution in [3.05, 3.63) is 12.7 Å². The fraction of sp³-hybridized carbons (Fsp3) is 0.786. The number of amides is 4. The van der Waals surface area contributed by atoms with E-state index in [2.05, 4.69) is 21.9 Å². The molecule has 4 amide bonds. The van der Waals surface area contributed by atoms with E-state index in [1.165, 1.54) is 11.0 Å². The number of carbonyl (C=O) groups is 4. The zero-order valence-corrected chi connectivity index (χ0v) is 26.1. The van der Waals surface area contributed by atoms with Crippen LogP contribution in [0.15, 0.2) is 12.7 Å². The molecule has 3 fully saturated rings. The van der Waals surface area contributed by atoms with E-state index in [0.29, 0.717) is 19.3 Å². The molecule has 12 heteroatoms. The van der Waals surface area contributed by atoms with E-state index in [1.54, 1.807) is 27.7 Å². The van der Waals surface area contributed by atoms with Gasteiger partial charge in [0, 0.05) is 12.5 Å². The number of hydrogen-bond acceptors (Lipinski definition) is 7. The summed E-state index contributed by atoms with van der Waals surface area (Å²) in [7, 11) is -3.92. The van der Waals surface area contributed by atoms with Gasteiger partial charge in [0.25, 0.3) is 5.91 Å². The average Bonchev–Trinajstić information content (AvgIpc) is 3.66. The molecule has 11 nitrogen and oxygen atoms in total. The maximum Gasteiger partial charge on any atom is 0.408 e. The largest absolute Gasteiger partial charge is 0.444 e. The van der Waals surface area contributed by atoms with Crippen LogP contribution in [0.4, 0.5) is 4.79 Å². The molecule has 226 valence electrons. The van der Waals surface area contributed by atoms with Gasteiger partial charge in [0.05, 0.1) is 4.75 Å². The number of nitrogens with one attached hydrogen (secondary N) is 3. The molecule has 0 radical (unpaired) electrons. The quantitative estimate of drug-likeness (QED) is 0.372. The summed E-state index contributed by atoms with van der Waals surface area (Å²) < 4.78 is 32.1. The number of carbonyl (C=O) groups excluding carboxylic acids is 4. The number of sulfonamides is 1. The van der Waals surface area contributed by atoms with Crippen LogP contribution in [0, 0.1) is 16.7 Å². The Hall–Kier alpha value is -2.63. The van der Waals surface area contributed by atoms with Gasteiger partial charge in [-0.15, -0.1) is 6.58 Å². The zero-order valence-electron chi connectivity index (χ0n) is 25.3. The van der Waals surface area contributed by atoms with E-state index >= 15 is 0 Å². The first-order chi connectivity index (χ1) is 18.0.